The Labute approximate surface area is 291 Å². The third kappa shape index (κ3) is 7.27. The summed E-state index contributed by atoms with van der Waals surface area (Å²) in [4.78, 5) is 39.6. The lowest BCUT2D eigenvalue weighted by Gasteiger charge is -2.27. The van der Waals surface area contributed by atoms with E-state index < -0.39 is 69.5 Å². The zero-order chi connectivity index (χ0) is 37.7. The second-order valence-corrected chi connectivity index (χ2v) is 11.5. The van der Waals surface area contributed by atoms with Gasteiger partial charge in [-0.3, -0.25) is 14.4 Å². The lowest BCUT2D eigenvalue weighted by Crippen LogP contribution is -2.30. The van der Waals surface area contributed by atoms with E-state index in [1.54, 1.807) is 0 Å². The van der Waals surface area contributed by atoms with Crippen LogP contribution in [0.4, 0.5) is 0 Å². The van der Waals surface area contributed by atoms with Gasteiger partial charge >= 0.3 is 0 Å². The van der Waals surface area contributed by atoms with Crippen molar-refractivity contribution >= 4 is 17.7 Å². The molecule has 12 N–H and O–H groups in total. The van der Waals surface area contributed by atoms with E-state index in [0.717, 1.165) is 53.1 Å². The fraction of sp³-hybridized carbons (Fsp3) is 0.250. The van der Waals surface area contributed by atoms with Crippen LogP contribution in [0.5, 0.6) is 51.7 Å². The zero-order valence-corrected chi connectivity index (χ0v) is 28.0. The van der Waals surface area contributed by atoms with Crippen molar-refractivity contribution in [2.45, 2.75) is 59.7 Å². The van der Waals surface area contributed by atoms with Crippen LogP contribution in [0.3, 0.4) is 0 Å². The average Bonchev–Trinajstić information content (AvgIpc) is 3.11. The number of rotatable bonds is 12. The lowest BCUT2D eigenvalue weighted by molar-refractivity contribution is 0.0939. The quantitative estimate of drug-likeness (QED) is 0.0945. The number of phenols is 9. The van der Waals surface area contributed by atoms with E-state index in [2.05, 4.69) is 16.0 Å². The third-order valence-electron chi connectivity index (χ3n) is 8.65. The van der Waals surface area contributed by atoms with Gasteiger partial charge in [-0.15, -0.1) is 0 Å². The van der Waals surface area contributed by atoms with E-state index in [-0.39, 0.29) is 36.3 Å². The van der Waals surface area contributed by atoms with Crippen LogP contribution in [0.2, 0.25) is 0 Å². The first-order valence-corrected chi connectivity index (χ1v) is 15.9. The molecule has 15 nitrogen and oxygen atoms in total. The number of benzene rings is 4. The molecule has 4 aromatic carbocycles. The molecule has 0 aromatic heterocycles. The summed E-state index contributed by atoms with van der Waals surface area (Å²) in [5, 5.41) is 98.0. The van der Waals surface area contributed by atoms with Gasteiger partial charge in [0.25, 0.3) is 17.7 Å². The standard InChI is InChI=1S/C36H39N3O12/c1-4-16-22(13-37-34(49)19-7-10-25(40)31(46)28(19)43)17(5-2)24(15-39-36(51)21-9-12-27(42)33(48)30(21)45)18(6-3)23(16)14-38-35(50)20-8-11-26(41)32(47)29(20)44/h7-12,40-48H,4-6,13-15H2,1-3H3,(H,37,49)(H,38,50)(H,39,51). The Hall–Kier alpha value is -6.51. The first-order chi connectivity index (χ1) is 24.2. The number of phenolic OH excluding ortho intramolecular Hbond substituents is 9. The maximum atomic E-state index is 13.2. The van der Waals surface area contributed by atoms with Gasteiger partial charge in [0.2, 0.25) is 17.2 Å². The van der Waals surface area contributed by atoms with E-state index >= 15 is 0 Å². The predicted octanol–water partition coefficient (Wildman–Crippen LogP) is 3.51. The van der Waals surface area contributed by atoms with Crippen LogP contribution in [0.25, 0.3) is 0 Å². The Morgan fingerprint density at radius 3 is 0.843 bits per heavy atom. The van der Waals surface area contributed by atoms with Crippen molar-refractivity contribution in [2.24, 2.45) is 0 Å². The van der Waals surface area contributed by atoms with E-state index in [0.29, 0.717) is 36.0 Å². The normalized spacial score (nSPS) is 10.9. The number of hydrogen-bond donors (Lipinski definition) is 12. The first kappa shape index (κ1) is 37.3. The average molecular weight is 706 g/mol. The molecule has 0 atom stereocenters. The summed E-state index contributed by atoms with van der Waals surface area (Å²) in [5.74, 6) is -9.25. The zero-order valence-electron chi connectivity index (χ0n) is 28.0. The summed E-state index contributed by atoms with van der Waals surface area (Å²) >= 11 is 0. The number of hydrogen-bond acceptors (Lipinski definition) is 12. The number of nitrogens with one attached hydrogen (secondary N) is 3. The van der Waals surface area contributed by atoms with Crippen molar-refractivity contribution in [1.29, 1.82) is 0 Å². The highest BCUT2D eigenvalue weighted by atomic mass is 16.3. The molecule has 0 saturated carbocycles. The van der Waals surface area contributed by atoms with Crippen molar-refractivity contribution in [2.75, 3.05) is 0 Å². The largest absolute Gasteiger partial charge is 0.504 e. The fourth-order valence-corrected chi connectivity index (χ4v) is 6.06. The molecule has 51 heavy (non-hydrogen) atoms. The van der Waals surface area contributed by atoms with E-state index in [1.165, 1.54) is 0 Å². The number of aromatic hydroxyl groups is 9. The van der Waals surface area contributed by atoms with Gasteiger partial charge in [-0.1, -0.05) is 20.8 Å². The first-order valence-electron chi connectivity index (χ1n) is 15.9. The molecule has 0 saturated heterocycles. The summed E-state index contributed by atoms with van der Waals surface area (Å²) in [6.07, 6.45) is 1.21. The summed E-state index contributed by atoms with van der Waals surface area (Å²) in [5.41, 5.74) is 3.15. The van der Waals surface area contributed by atoms with E-state index in [4.69, 9.17) is 0 Å². The van der Waals surface area contributed by atoms with Gasteiger partial charge in [-0.2, -0.15) is 0 Å². The Morgan fingerprint density at radius 2 is 0.627 bits per heavy atom. The van der Waals surface area contributed by atoms with Gasteiger partial charge in [-0.05, 0) is 89.0 Å². The van der Waals surface area contributed by atoms with Gasteiger partial charge in [0.1, 0.15) is 0 Å². The van der Waals surface area contributed by atoms with Gasteiger partial charge < -0.3 is 61.9 Å². The van der Waals surface area contributed by atoms with Crippen LogP contribution in [-0.2, 0) is 38.9 Å². The number of carbonyl (C=O) groups excluding carboxylic acids is 3. The summed E-state index contributed by atoms with van der Waals surface area (Å²) < 4.78 is 0. The summed E-state index contributed by atoms with van der Waals surface area (Å²) in [6, 6.07) is 6.55. The minimum atomic E-state index is -0.865. The highest BCUT2D eigenvalue weighted by Crippen LogP contribution is 2.39. The van der Waals surface area contributed by atoms with Crippen molar-refractivity contribution < 1.29 is 60.3 Å². The monoisotopic (exact) mass is 705 g/mol. The van der Waals surface area contributed by atoms with Crippen LogP contribution >= 0.6 is 0 Å². The van der Waals surface area contributed by atoms with Crippen LogP contribution in [0.15, 0.2) is 36.4 Å². The molecule has 4 aromatic rings. The second kappa shape index (κ2) is 15.4. The van der Waals surface area contributed by atoms with E-state index in [1.807, 2.05) is 20.8 Å². The number of amides is 3. The summed E-state index contributed by atoms with van der Waals surface area (Å²) in [6.45, 7) is 5.24. The molecule has 0 heterocycles. The molecule has 270 valence electrons. The Balaban J connectivity index is 1.80. The van der Waals surface area contributed by atoms with Gasteiger partial charge in [-0.25, -0.2) is 0 Å². The lowest BCUT2D eigenvalue weighted by atomic mass is 9.83. The molecule has 0 radical (unpaired) electrons. The molecular formula is C36H39N3O12. The van der Waals surface area contributed by atoms with Gasteiger partial charge in [0.15, 0.2) is 34.5 Å². The molecule has 4 rings (SSSR count). The highest BCUT2D eigenvalue weighted by Gasteiger charge is 2.26. The maximum Gasteiger partial charge on any atom is 0.255 e. The molecule has 15 heteroatoms. The molecule has 0 aliphatic rings. The van der Waals surface area contributed by atoms with Crippen molar-refractivity contribution in [1.82, 2.24) is 16.0 Å². The Morgan fingerprint density at radius 1 is 0.392 bits per heavy atom. The van der Waals surface area contributed by atoms with Crippen molar-refractivity contribution in [3.8, 4) is 51.7 Å². The van der Waals surface area contributed by atoms with Crippen LogP contribution in [0.1, 0.15) is 85.2 Å². The summed E-state index contributed by atoms with van der Waals surface area (Å²) in [7, 11) is 0. The second-order valence-electron chi connectivity index (χ2n) is 11.5. The van der Waals surface area contributed by atoms with Crippen molar-refractivity contribution in [3.63, 3.8) is 0 Å². The molecule has 0 aliphatic carbocycles. The SMILES string of the molecule is CCc1c(CNC(=O)c2ccc(O)c(O)c2O)c(CC)c(CNC(=O)c2ccc(O)c(O)c2O)c(CC)c1CNC(=O)c1ccc(O)c(O)c1O. The molecular weight excluding hydrogens is 666 g/mol. The predicted molar refractivity (Wildman–Crippen MR) is 182 cm³/mol. The maximum absolute atomic E-state index is 13.2. The molecule has 3 amide bonds. The Bertz CT molecular complexity index is 1780. The van der Waals surface area contributed by atoms with Crippen LogP contribution in [-0.4, -0.2) is 63.7 Å². The van der Waals surface area contributed by atoms with E-state index in [9.17, 15) is 60.3 Å². The molecule has 0 bridgehead atoms. The minimum absolute atomic E-state index is 0.114. The third-order valence-corrected chi connectivity index (χ3v) is 8.65. The minimum Gasteiger partial charge on any atom is -0.504 e. The van der Waals surface area contributed by atoms with Crippen LogP contribution in [0, 0.1) is 0 Å². The molecule has 0 aliphatic heterocycles. The van der Waals surface area contributed by atoms with Gasteiger partial charge in [0.05, 0.1) is 16.7 Å². The topological polar surface area (TPSA) is 269 Å². The fourth-order valence-electron chi connectivity index (χ4n) is 6.06. The molecule has 0 fully saturated rings. The van der Waals surface area contributed by atoms with Crippen molar-refractivity contribution in [3.05, 3.63) is 86.5 Å². The molecule has 0 spiro atoms. The smallest absolute Gasteiger partial charge is 0.255 e. The van der Waals surface area contributed by atoms with Crippen LogP contribution < -0.4 is 16.0 Å². The van der Waals surface area contributed by atoms with Gasteiger partial charge in [0, 0.05) is 19.6 Å². The molecule has 0 unspecified atom stereocenters. The highest BCUT2D eigenvalue weighted by molar-refractivity contribution is 5.99. The number of carbonyl (C=O) groups is 3. The Kier molecular flexibility index (Phi) is 11.2.